The van der Waals surface area contributed by atoms with E-state index in [4.69, 9.17) is 0 Å². The van der Waals surface area contributed by atoms with E-state index >= 15 is 0 Å². The number of rotatable bonds is 3. The highest BCUT2D eigenvalue weighted by molar-refractivity contribution is 5.95. The molecule has 26 heavy (non-hydrogen) atoms. The fourth-order valence-corrected chi connectivity index (χ4v) is 3.47. The minimum absolute atomic E-state index is 0.0308. The fraction of sp³-hybridized carbons (Fsp3) is 0.455. The van der Waals surface area contributed by atoms with Crippen LogP contribution >= 0.6 is 0 Å². The smallest absolute Gasteiger partial charge is 0.254 e. The lowest BCUT2D eigenvalue weighted by Crippen LogP contribution is -2.31. The van der Waals surface area contributed by atoms with Gasteiger partial charge in [-0.3, -0.25) is 4.79 Å². The summed E-state index contributed by atoms with van der Waals surface area (Å²) in [5, 5.41) is 3.41. The summed E-state index contributed by atoms with van der Waals surface area (Å²) in [6.07, 6.45) is 6.35. The van der Waals surface area contributed by atoms with Crippen LogP contribution in [-0.4, -0.2) is 28.9 Å². The molecule has 0 spiro atoms. The Morgan fingerprint density at radius 3 is 2.42 bits per heavy atom. The average molecular weight is 351 g/mol. The van der Waals surface area contributed by atoms with Gasteiger partial charge in [0.25, 0.3) is 5.91 Å². The lowest BCUT2D eigenvalue weighted by Gasteiger charge is -2.23. The molecule has 0 radical (unpaired) electrons. The summed E-state index contributed by atoms with van der Waals surface area (Å²) >= 11 is 0. The lowest BCUT2D eigenvalue weighted by atomic mass is 9.86. The van der Waals surface area contributed by atoms with E-state index in [1.54, 1.807) is 6.20 Å². The van der Waals surface area contributed by atoms with Crippen LogP contribution in [0.2, 0.25) is 0 Å². The van der Waals surface area contributed by atoms with Gasteiger partial charge in [0.2, 0.25) is 0 Å². The predicted octanol–water partition coefficient (Wildman–Crippen LogP) is 5.14. The van der Waals surface area contributed by atoms with Gasteiger partial charge in [-0.15, -0.1) is 0 Å². The van der Waals surface area contributed by atoms with E-state index in [0.29, 0.717) is 11.4 Å². The minimum Gasteiger partial charge on any atom is -0.340 e. The van der Waals surface area contributed by atoms with Crippen LogP contribution in [0.3, 0.4) is 0 Å². The Hall–Kier alpha value is -2.36. The van der Waals surface area contributed by atoms with Crippen molar-refractivity contribution in [2.24, 2.45) is 0 Å². The van der Waals surface area contributed by atoms with Crippen LogP contribution in [0, 0.1) is 0 Å². The molecule has 138 valence electrons. The number of likely N-dealkylation sites (tertiary alicyclic amines) is 1. The Balaban J connectivity index is 1.81. The Morgan fingerprint density at radius 2 is 1.73 bits per heavy atom. The SMILES string of the molecule is CC(C)(C)c1ccccc1Nc1cc(C(=O)N2CCCCCC2)ccn1. The van der Waals surface area contributed by atoms with Crippen molar-refractivity contribution in [3.63, 3.8) is 0 Å². The number of nitrogens with one attached hydrogen (secondary N) is 1. The van der Waals surface area contributed by atoms with E-state index < -0.39 is 0 Å². The topological polar surface area (TPSA) is 45.2 Å². The first-order valence-corrected chi connectivity index (χ1v) is 9.57. The Bertz CT molecular complexity index is 756. The van der Waals surface area contributed by atoms with Gasteiger partial charge in [0.1, 0.15) is 5.82 Å². The zero-order valence-electron chi connectivity index (χ0n) is 16.1. The van der Waals surface area contributed by atoms with Gasteiger partial charge in [0.15, 0.2) is 0 Å². The summed E-state index contributed by atoms with van der Waals surface area (Å²) < 4.78 is 0. The molecular weight excluding hydrogens is 322 g/mol. The average Bonchev–Trinajstić information content (AvgIpc) is 2.90. The summed E-state index contributed by atoms with van der Waals surface area (Å²) in [5.41, 5.74) is 3.00. The van der Waals surface area contributed by atoms with Gasteiger partial charge in [0, 0.05) is 30.5 Å². The second kappa shape index (κ2) is 7.90. The van der Waals surface area contributed by atoms with Crippen LogP contribution < -0.4 is 5.32 Å². The maximum absolute atomic E-state index is 12.9. The molecule has 1 amide bonds. The van der Waals surface area contributed by atoms with E-state index in [-0.39, 0.29) is 11.3 Å². The van der Waals surface area contributed by atoms with E-state index in [1.807, 2.05) is 23.1 Å². The molecule has 0 saturated carbocycles. The number of nitrogens with zero attached hydrogens (tertiary/aromatic N) is 2. The molecule has 1 aliphatic rings. The second-order valence-electron chi connectivity index (χ2n) is 8.06. The molecule has 0 aliphatic carbocycles. The van der Waals surface area contributed by atoms with Gasteiger partial charge in [-0.2, -0.15) is 0 Å². The van der Waals surface area contributed by atoms with Crippen LogP contribution in [0.5, 0.6) is 0 Å². The quantitative estimate of drug-likeness (QED) is 0.833. The first kappa shape index (κ1) is 18.4. The summed E-state index contributed by atoms with van der Waals surface area (Å²) in [5.74, 6) is 0.823. The van der Waals surface area contributed by atoms with Gasteiger partial charge >= 0.3 is 0 Å². The van der Waals surface area contributed by atoms with Crippen LogP contribution in [0.1, 0.15) is 62.4 Å². The standard InChI is InChI=1S/C22H29N3O/c1-22(2,3)18-10-6-7-11-19(18)24-20-16-17(12-13-23-20)21(26)25-14-8-4-5-9-15-25/h6-7,10-13,16H,4-5,8-9,14-15H2,1-3H3,(H,23,24). The maximum atomic E-state index is 12.9. The number of anilines is 2. The molecule has 0 bridgehead atoms. The van der Waals surface area contributed by atoms with Crippen molar-refractivity contribution in [1.82, 2.24) is 9.88 Å². The van der Waals surface area contributed by atoms with Crippen molar-refractivity contribution >= 4 is 17.4 Å². The Morgan fingerprint density at radius 1 is 1.04 bits per heavy atom. The van der Waals surface area contributed by atoms with E-state index in [1.165, 1.54) is 18.4 Å². The number of para-hydroxylation sites is 1. The molecule has 1 aromatic heterocycles. The van der Waals surface area contributed by atoms with E-state index in [9.17, 15) is 4.79 Å². The Kier molecular flexibility index (Phi) is 5.60. The molecule has 2 aromatic rings. The number of hydrogen-bond donors (Lipinski definition) is 1. The third-order valence-electron chi connectivity index (χ3n) is 4.90. The number of hydrogen-bond acceptors (Lipinski definition) is 3. The first-order chi connectivity index (χ1) is 12.4. The molecular formula is C22H29N3O. The van der Waals surface area contributed by atoms with Crippen molar-refractivity contribution in [2.45, 2.75) is 51.9 Å². The number of aromatic nitrogens is 1. The molecule has 1 saturated heterocycles. The first-order valence-electron chi connectivity index (χ1n) is 9.57. The number of pyridine rings is 1. The minimum atomic E-state index is 0.0308. The third-order valence-corrected chi connectivity index (χ3v) is 4.90. The van der Waals surface area contributed by atoms with Crippen LogP contribution in [0.25, 0.3) is 0 Å². The highest BCUT2D eigenvalue weighted by Gasteiger charge is 2.19. The zero-order chi connectivity index (χ0) is 18.6. The molecule has 2 heterocycles. The molecule has 1 fully saturated rings. The van der Waals surface area contributed by atoms with Crippen LogP contribution in [-0.2, 0) is 5.41 Å². The molecule has 0 unspecified atom stereocenters. The highest BCUT2D eigenvalue weighted by atomic mass is 16.2. The Labute approximate surface area is 156 Å². The molecule has 0 atom stereocenters. The largest absolute Gasteiger partial charge is 0.340 e. The van der Waals surface area contributed by atoms with Crippen LogP contribution in [0.15, 0.2) is 42.6 Å². The maximum Gasteiger partial charge on any atom is 0.254 e. The van der Waals surface area contributed by atoms with Gasteiger partial charge in [-0.25, -0.2) is 4.98 Å². The summed E-state index contributed by atoms with van der Waals surface area (Å²) in [7, 11) is 0. The zero-order valence-corrected chi connectivity index (χ0v) is 16.1. The molecule has 4 heteroatoms. The van der Waals surface area contributed by atoms with Gasteiger partial charge in [-0.05, 0) is 42.0 Å². The molecule has 3 rings (SSSR count). The van der Waals surface area contributed by atoms with Gasteiger partial charge in [-0.1, -0.05) is 51.8 Å². The number of carbonyl (C=O) groups excluding carboxylic acids is 1. The van der Waals surface area contributed by atoms with Crippen LogP contribution in [0.4, 0.5) is 11.5 Å². The van der Waals surface area contributed by atoms with Gasteiger partial charge in [0.05, 0.1) is 0 Å². The van der Waals surface area contributed by atoms with Crippen molar-refractivity contribution in [3.05, 3.63) is 53.7 Å². The lowest BCUT2D eigenvalue weighted by molar-refractivity contribution is 0.0761. The number of benzene rings is 1. The summed E-state index contributed by atoms with van der Waals surface area (Å²) in [6.45, 7) is 8.30. The predicted molar refractivity (Wildman–Crippen MR) is 107 cm³/mol. The molecule has 1 aliphatic heterocycles. The molecule has 1 aromatic carbocycles. The van der Waals surface area contributed by atoms with E-state index in [0.717, 1.165) is 31.6 Å². The third kappa shape index (κ3) is 4.43. The number of amides is 1. The fourth-order valence-electron chi connectivity index (χ4n) is 3.47. The van der Waals surface area contributed by atoms with Crippen molar-refractivity contribution in [1.29, 1.82) is 0 Å². The molecule has 4 nitrogen and oxygen atoms in total. The van der Waals surface area contributed by atoms with Gasteiger partial charge < -0.3 is 10.2 Å². The number of carbonyl (C=O) groups is 1. The van der Waals surface area contributed by atoms with E-state index in [2.05, 4.69) is 49.3 Å². The van der Waals surface area contributed by atoms with Crippen molar-refractivity contribution < 1.29 is 4.79 Å². The second-order valence-corrected chi connectivity index (χ2v) is 8.06. The summed E-state index contributed by atoms with van der Waals surface area (Å²) in [4.78, 5) is 19.3. The summed E-state index contributed by atoms with van der Waals surface area (Å²) in [6, 6.07) is 11.9. The highest BCUT2D eigenvalue weighted by Crippen LogP contribution is 2.31. The van der Waals surface area contributed by atoms with Crippen molar-refractivity contribution in [2.75, 3.05) is 18.4 Å². The monoisotopic (exact) mass is 351 g/mol. The molecule has 1 N–H and O–H groups in total. The van der Waals surface area contributed by atoms with Crippen molar-refractivity contribution in [3.8, 4) is 0 Å². The normalized spacial score (nSPS) is 15.4.